The van der Waals surface area contributed by atoms with E-state index >= 15 is 0 Å². The average Bonchev–Trinajstić information content (AvgIpc) is 3.37. The number of carbonyl (C=O) groups excluding carboxylic acids is 1. The predicted molar refractivity (Wildman–Crippen MR) is 111 cm³/mol. The van der Waals surface area contributed by atoms with Gasteiger partial charge in [-0.1, -0.05) is 18.2 Å². The fourth-order valence-corrected chi connectivity index (χ4v) is 3.86. The van der Waals surface area contributed by atoms with Crippen LogP contribution in [0.4, 0.5) is 0 Å². The molecule has 1 fully saturated rings. The lowest BCUT2D eigenvalue weighted by Crippen LogP contribution is -2.38. The van der Waals surface area contributed by atoms with Gasteiger partial charge in [-0.3, -0.25) is 4.79 Å². The summed E-state index contributed by atoms with van der Waals surface area (Å²) in [6, 6.07) is 9.70. The largest absolute Gasteiger partial charge is 0.496 e. The summed E-state index contributed by atoms with van der Waals surface area (Å²) in [5, 5.41) is 4.49. The zero-order valence-corrected chi connectivity index (χ0v) is 17.7. The maximum Gasteiger partial charge on any atom is 0.252 e. The quantitative estimate of drug-likeness (QED) is 0.596. The third-order valence-corrected chi connectivity index (χ3v) is 5.33. The summed E-state index contributed by atoms with van der Waals surface area (Å²) in [6.07, 6.45) is 2.16. The lowest BCUT2D eigenvalue weighted by molar-refractivity contribution is -0.132. The van der Waals surface area contributed by atoms with Crippen LogP contribution in [0.2, 0.25) is 0 Å². The van der Waals surface area contributed by atoms with Gasteiger partial charge in [-0.05, 0) is 38.8 Å². The number of benzene rings is 1. The molecule has 30 heavy (non-hydrogen) atoms. The highest BCUT2D eigenvalue weighted by Crippen LogP contribution is 2.22. The summed E-state index contributed by atoms with van der Waals surface area (Å²) in [7, 11) is 1.64. The van der Waals surface area contributed by atoms with Gasteiger partial charge in [0.15, 0.2) is 5.82 Å². The van der Waals surface area contributed by atoms with Crippen LogP contribution < -0.4 is 4.74 Å². The zero-order valence-electron chi connectivity index (χ0n) is 17.7. The minimum Gasteiger partial charge on any atom is -0.496 e. The van der Waals surface area contributed by atoms with Crippen LogP contribution >= 0.6 is 0 Å². The Bertz CT molecular complexity index is 1040. The molecule has 3 aromatic rings. The first-order valence-corrected chi connectivity index (χ1v) is 10.2. The molecule has 0 radical (unpaired) electrons. The van der Waals surface area contributed by atoms with Crippen molar-refractivity contribution in [3.63, 3.8) is 0 Å². The molecule has 8 heteroatoms. The molecule has 1 unspecified atom stereocenters. The lowest BCUT2D eigenvalue weighted by atomic mass is 10.1. The van der Waals surface area contributed by atoms with Crippen molar-refractivity contribution in [1.82, 2.24) is 24.5 Å². The molecule has 3 heterocycles. The number of hydrogen-bond acceptors (Lipinski definition) is 6. The van der Waals surface area contributed by atoms with Gasteiger partial charge in [0.1, 0.15) is 5.75 Å². The van der Waals surface area contributed by atoms with E-state index in [-0.39, 0.29) is 18.4 Å². The van der Waals surface area contributed by atoms with Crippen LogP contribution in [-0.4, -0.2) is 56.8 Å². The summed E-state index contributed by atoms with van der Waals surface area (Å²) in [5.41, 5.74) is 2.78. The Morgan fingerprint density at radius 2 is 2.13 bits per heavy atom. The number of rotatable bonds is 7. The molecule has 2 aromatic heterocycles. The first kappa shape index (κ1) is 20.3. The SMILES string of the molecule is COc1ccccc1CN(CC1CCCO1)C(=O)Cc1nc2nc(C)cc(C)n2n1. The molecule has 1 aromatic carbocycles. The number of para-hydroxylation sites is 1. The molecule has 8 nitrogen and oxygen atoms in total. The summed E-state index contributed by atoms with van der Waals surface area (Å²) in [6.45, 7) is 5.61. The van der Waals surface area contributed by atoms with E-state index in [1.165, 1.54) is 0 Å². The van der Waals surface area contributed by atoms with Gasteiger partial charge in [0.2, 0.25) is 5.91 Å². The Morgan fingerprint density at radius 3 is 2.90 bits per heavy atom. The molecule has 0 aliphatic carbocycles. The van der Waals surface area contributed by atoms with Crippen LogP contribution in [0.3, 0.4) is 0 Å². The minimum atomic E-state index is -0.0401. The van der Waals surface area contributed by atoms with E-state index in [2.05, 4.69) is 15.1 Å². The maximum atomic E-state index is 13.3. The van der Waals surface area contributed by atoms with Crippen LogP contribution in [0.15, 0.2) is 30.3 Å². The monoisotopic (exact) mass is 409 g/mol. The zero-order chi connectivity index (χ0) is 21.1. The molecule has 0 N–H and O–H groups in total. The molecule has 1 aliphatic heterocycles. The van der Waals surface area contributed by atoms with Gasteiger partial charge in [-0.2, -0.15) is 4.98 Å². The van der Waals surface area contributed by atoms with Crippen molar-refractivity contribution in [2.75, 3.05) is 20.3 Å². The Labute approximate surface area is 175 Å². The molecule has 1 atom stereocenters. The van der Waals surface area contributed by atoms with Gasteiger partial charge in [0.25, 0.3) is 5.78 Å². The Morgan fingerprint density at radius 1 is 1.30 bits per heavy atom. The van der Waals surface area contributed by atoms with E-state index in [0.29, 0.717) is 24.7 Å². The van der Waals surface area contributed by atoms with Gasteiger partial charge in [0, 0.05) is 36.6 Å². The lowest BCUT2D eigenvalue weighted by Gasteiger charge is -2.26. The first-order valence-electron chi connectivity index (χ1n) is 10.2. The van der Waals surface area contributed by atoms with Crippen molar-refractivity contribution in [2.24, 2.45) is 0 Å². The molecule has 0 saturated carbocycles. The van der Waals surface area contributed by atoms with Crippen LogP contribution in [-0.2, 0) is 22.5 Å². The van der Waals surface area contributed by atoms with Crippen molar-refractivity contribution in [2.45, 2.75) is 45.8 Å². The number of nitrogens with zero attached hydrogens (tertiary/aromatic N) is 5. The number of methoxy groups -OCH3 is 1. The second-order valence-electron chi connectivity index (χ2n) is 7.68. The number of fused-ring (bicyclic) bond motifs is 1. The number of aryl methyl sites for hydroxylation is 2. The standard InChI is InChI=1S/C22H27N5O3/c1-15-11-16(2)27-22(23-15)24-20(25-27)12-21(28)26(14-18-8-6-10-30-18)13-17-7-4-5-9-19(17)29-3/h4-5,7,9,11,18H,6,8,10,12-14H2,1-3H3. The topological polar surface area (TPSA) is 81.9 Å². The Balaban J connectivity index is 1.56. The molecule has 0 bridgehead atoms. The van der Waals surface area contributed by atoms with Gasteiger partial charge in [-0.25, -0.2) is 9.50 Å². The summed E-state index contributed by atoms with van der Waals surface area (Å²) < 4.78 is 12.9. The van der Waals surface area contributed by atoms with E-state index in [9.17, 15) is 4.79 Å². The van der Waals surface area contributed by atoms with E-state index in [0.717, 1.165) is 42.1 Å². The first-order chi connectivity index (χ1) is 14.5. The number of aromatic nitrogens is 4. The summed E-state index contributed by atoms with van der Waals surface area (Å²) in [4.78, 5) is 24.0. The predicted octanol–water partition coefficient (Wildman–Crippen LogP) is 2.50. The summed E-state index contributed by atoms with van der Waals surface area (Å²) in [5.74, 6) is 1.72. The van der Waals surface area contributed by atoms with Crippen molar-refractivity contribution in [3.8, 4) is 5.75 Å². The highest BCUT2D eigenvalue weighted by Gasteiger charge is 2.25. The van der Waals surface area contributed by atoms with Gasteiger partial charge < -0.3 is 14.4 Å². The number of carbonyl (C=O) groups is 1. The Kier molecular flexibility index (Phi) is 5.94. The summed E-state index contributed by atoms with van der Waals surface area (Å²) >= 11 is 0. The van der Waals surface area contributed by atoms with E-state index in [4.69, 9.17) is 9.47 Å². The van der Waals surface area contributed by atoms with Crippen molar-refractivity contribution >= 4 is 11.7 Å². The van der Waals surface area contributed by atoms with Gasteiger partial charge in [0.05, 0.1) is 19.6 Å². The molecular weight excluding hydrogens is 382 g/mol. The van der Waals surface area contributed by atoms with Crippen LogP contribution in [0.25, 0.3) is 5.78 Å². The second-order valence-corrected chi connectivity index (χ2v) is 7.68. The van der Waals surface area contributed by atoms with E-state index in [1.54, 1.807) is 11.6 Å². The van der Waals surface area contributed by atoms with Crippen molar-refractivity contribution in [1.29, 1.82) is 0 Å². The molecular formula is C22H27N5O3. The molecule has 1 saturated heterocycles. The second kappa shape index (κ2) is 8.79. The maximum absolute atomic E-state index is 13.3. The normalized spacial score (nSPS) is 16.2. The van der Waals surface area contributed by atoms with Crippen LogP contribution in [0, 0.1) is 13.8 Å². The molecule has 1 amide bonds. The minimum absolute atomic E-state index is 0.0401. The number of amides is 1. The highest BCUT2D eigenvalue weighted by atomic mass is 16.5. The average molecular weight is 409 g/mol. The van der Waals surface area contributed by atoms with Crippen LogP contribution in [0.1, 0.15) is 35.6 Å². The van der Waals surface area contributed by atoms with Gasteiger partial charge in [-0.15, -0.1) is 5.10 Å². The van der Waals surface area contributed by atoms with E-state index < -0.39 is 0 Å². The Hall–Kier alpha value is -3.00. The fourth-order valence-electron chi connectivity index (χ4n) is 3.86. The molecule has 4 rings (SSSR count). The van der Waals surface area contributed by atoms with Crippen molar-refractivity contribution < 1.29 is 14.3 Å². The van der Waals surface area contributed by atoms with Crippen molar-refractivity contribution in [3.05, 3.63) is 53.1 Å². The van der Waals surface area contributed by atoms with Gasteiger partial charge >= 0.3 is 0 Å². The highest BCUT2D eigenvalue weighted by molar-refractivity contribution is 5.78. The van der Waals surface area contributed by atoms with Crippen LogP contribution in [0.5, 0.6) is 5.75 Å². The third kappa shape index (κ3) is 4.43. The third-order valence-electron chi connectivity index (χ3n) is 5.33. The molecule has 0 spiro atoms. The number of ether oxygens (including phenoxy) is 2. The molecule has 158 valence electrons. The smallest absolute Gasteiger partial charge is 0.252 e. The van der Waals surface area contributed by atoms with E-state index in [1.807, 2.05) is 49.1 Å². The fraction of sp³-hybridized carbons (Fsp3) is 0.455. The molecule has 1 aliphatic rings. The number of hydrogen-bond donors (Lipinski definition) is 0.